The summed E-state index contributed by atoms with van der Waals surface area (Å²) in [6, 6.07) is 8.03. The van der Waals surface area contributed by atoms with E-state index in [1.54, 1.807) is 6.66 Å². The number of benzene rings is 1. The number of amides is 1. The highest BCUT2D eigenvalue weighted by Crippen LogP contribution is 2.70. The normalized spacial score (nSPS) is 19.5. The molecule has 1 amide bonds. The van der Waals surface area contributed by atoms with Crippen molar-refractivity contribution in [1.29, 1.82) is 0 Å². The summed E-state index contributed by atoms with van der Waals surface area (Å²) in [6.07, 6.45) is 1.13. The van der Waals surface area contributed by atoms with Crippen LogP contribution in [0.4, 0.5) is 0 Å². The van der Waals surface area contributed by atoms with Gasteiger partial charge in [-0.05, 0) is 63.7 Å². The predicted octanol–water partition coefficient (Wildman–Crippen LogP) is 3.88. The van der Waals surface area contributed by atoms with E-state index in [2.05, 4.69) is 12.2 Å². The predicted molar refractivity (Wildman–Crippen MR) is 116 cm³/mol. The molecule has 1 aromatic carbocycles. The van der Waals surface area contributed by atoms with Gasteiger partial charge in [-0.2, -0.15) is 0 Å². The van der Waals surface area contributed by atoms with Crippen molar-refractivity contribution in [1.82, 2.24) is 5.32 Å². The Morgan fingerprint density at radius 3 is 2.50 bits per heavy atom. The fraction of sp³-hybridized carbons (Fsp3) is 0.650. The number of ether oxygens (including phenoxy) is 2. The van der Waals surface area contributed by atoms with E-state index >= 15 is 0 Å². The quantitative estimate of drug-likeness (QED) is 0.520. The van der Waals surface area contributed by atoms with E-state index < -0.39 is 17.4 Å². The van der Waals surface area contributed by atoms with Gasteiger partial charge >= 0.3 is 0 Å². The third-order valence-electron chi connectivity index (χ3n) is 5.44. The van der Waals surface area contributed by atoms with E-state index in [0.717, 1.165) is 29.9 Å². The zero-order valence-corrected chi connectivity index (χ0v) is 18.8. The summed E-state index contributed by atoms with van der Waals surface area (Å²) in [7, 11) is 1.98. The Kier molecular flexibility index (Phi) is 8.87. The van der Waals surface area contributed by atoms with Crippen LogP contribution in [0.2, 0.25) is 0 Å². The molecule has 0 aliphatic carbocycles. The smallest absolute Gasteiger partial charge is 0.232 e. The molecule has 2 unspecified atom stereocenters. The van der Waals surface area contributed by atoms with Crippen molar-refractivity contribution in [3.8, 4) is 5.75 Å². The number of carbonyl (C=O) groups is 1. The monoisotopic (exact) mass is 428 g/mol. The number of hydrogen-bond acceptors (Lipinski definition) is 6. The molecule has 0 bridgehead atoms. The molecule has 3 N–H and O–H groups in total. The molecule has 8 heteroatoms. The maximum absolute atomic E-state index is 13.5. The minimum atomic E-state index is -2.93. The van der Waals surface area contributed by atoms with Crippen LogP contribution in [0.1, 0.15) is 39.0 Å². The Hall–Kier alpha value is -1.01. The van der Waals surface area contributed by atoms with Crippen LogP contribution in [0.3, 0.4) is 0 Å². The Labute approximate surface area is 172 Å². The van der Waals surface area contributed by atoms with Gasteiger partial charge < -0.3 is 25.1 Å². The summed E-state index contributed by atoms with van der Waals surface area (Å²) < 4.78 is 24.7. The van der Waals surface area contributed by atoms with Crippen LogP contribution in [0, 0.1) is 0 Å². The molecular formula is C20H33N2O4PS. The lowest BCUT2D eigenvalue weighted by atomic mass is 9.98. The molecule has 1 heterocycles. The molecule has 158 valence electrons. The second kappa shape index (κ2) is 10.7. The molecule has 0 aromatic heterocycles. The number of primary amides is 1. The average molecular weight is 429 g/mol. The fourth-order valence-electron chi connectivity index (χ4n) is 3.55. The van der Waals surface area contributed by atoms with Crippen molar-refractivity contribution in [3.05, 3.63) is 24.3 Å². The first-order valence-electron chi connectivity index (χ1n) is 9.89. The highest BCUT2D eigenvalue weighted by atomic mass is 32.7. The Bertz CT molecular complexity index is 677. The van der Waals surface area contributed by atoms with Gasteiger partial charge in [0.05, 0.1) is 6.61 Å². The third kappa shape index (κ3) is 5.76. The third-order valence-corrected chi connectivity index (χ3v) is 11.2. The molecule has 1 fully saturated rings. The molecule has 6 nitrogen and oxygen atoms in total. The lowest BCUT2D eigenvalue weighted by Gasteiger charge is -2.38. The molecule has 0 radical (unpaired) electrons. The van der Waals surface area contributed by atoms with E-state index in [4.69, 9.17) is 15.2 Å². The van der Waals surface area contributed by atoms with E-state index in [-0.39, 0.29) is 0 Å². The van der Waals surface area contributed by atoms with Crippen molar-refractivity contribution < 1.29 is 18.8 Å². The van der Waals surface area contributed by atoms with Crippen LogP contribution < -0.4 is 15.8 Å². The first-order chi connectivity index (χ1) is 13.3. The number of rotatable bonds is 11. The van der Waals surface area contributed by atoms with Gasteiger partial charge in [-0.15, -0.1) is 0 Å². The number of nitrogens with two attached hydrogens (primary N) is 1. The highest BCUT2D eigenvalue weighted by Gasteiger charge is 2.51. The molecule has 0 saturated carbocycles. The molecule has 1 aromatic rings. The van der Waals surface area contributed by atoms with Crippen LogP contribution in [0.15, 0.2) is 29.2 Å². The summed E-state index contributed by atoms with van der Waals surface area (Å²) in [5.74, 6) is 0.303. The summed E-state index contributed by atoms with van der Waals surface area (Å²) >= 11 is 1.26. The largest absolute Gasteiger partial charge is 0.494 e. The van der Waals surface area contributed by atoms with Gasteiger partial charge in [0.25, 0.3) is 0 Å². The fourth-order valence-corrected chi connectivity index (χ4v) is 8.69. The first-order valence-corrected chi connectivity index (χ1v) is 13.5. The van der Waals surface area contributed by atoms with Crippen molar-refractivity contribution in [2.24, 2.45) is 5.73 Å². The van der Waals surface area contributed by atoms with Gasteiger partial charge in [-0.3, -0.25) is 4.79 Å². The molecule has 1 aliphatic heterocycles. The molecule has 2 rings (SSSR count). The highest BCUT2D eigenvalue weighted by molar-refractivity contribution is 8.58. The van der Waals surface area contributed by atoms with E-state index in [1.165, 1.54) is 11.4 Å². The zero-order valence-electron chi connectivity index (χ0n) is 17.1. The second-order valence-corrected chi connectivity index (χ2v) is 13.2. The van der Waals surface area contributed by atoms with Crippen molar-refractivity contribution in [3.63, 3.8) is 0 Å². The van der Waals surface area contributed by atoms with Gasteiger partial charge in [0.15, 0.2) is 6.34 Å². The molecule has 28 heavy (non-hydrogen) atoms. The van der Waals surface area contributed by atoms with E-state index in [9.17, 15) is 9.36 Å². The maximum Gasteiger partial charge on any atom is 0.232 e. The molecule has 0 spiro atoms. The second-order valence-electron chi connectivity index (χ2n) is 7.33. The minimum Gasteiger partial charge on any atom is -0.494 e. The van der Waals surface area contributed by atoms with Gasteiger partial charge in [0, 0.05) is 24.2 Å². The standard InChI is InChI=1S/C20H33N2O4PS/c1-4-5-16(22-2)10-13-26-17-6-8-18(9-7-17)28-27(3,24)20(19(21)23)11-14-25-15-12-20/h6-9,16,22H,4-5,10-15H2,1-3H3,(H2,21,23). The van der Waals surface area contributed by atoms with Crippen LogP contribution in [0.25, 0.3) is 0 Å². The van der Waals surface area contributed by atoms with Crippen molar-refractivity contribution in [2.75, 3.05) is 33.5 Å². The van der Waals surface area contributed by atoms with Crippen LogP contribution >= 0.6 is 17.7 Å². The topological polar surface area (TPSA) is 90.7 Å². The first kappa shape index (κ1) is 23.3. The van der Waals surface area contributed by atoms with Gasteiger partial charge in [-0.1, -0.05) is 24.7 Å². The Morgan fingerprint density at radius 2 is 1.96 bits per heavy atom. The molecular weight excluding hydrogens is 395 g/mol. The van der Waals surface area contributed by atoms with E-state index in [0.29, 0.717) is 38.7 Å². The summed E-state index contributed by atoms with van der Waals surface area (Å²) in [4.78, 5) is 13.0. The maximum atomic E-state index is 13.5. The lowest BCUT2D eigenvalue weighted by molar-refractivity contribution is -0.122. The van der Waals surface area contributed by atoms with E-state index in [1.807, 2.05) is 31.3 Å². The van der Waals surface area contributed by atoms with Gasteiger partial charge in [0.1, 0.15) is 10.9 Å². The Morgan fingerprint density at radius 1 is 1.32 bits per heavy atom. The van der Waals surface area contributed by atoms with Gasteiger partial charge in [-0.25, -0.2) is 0 Å². The van der Waals surface area contributed by atoms with Crippen LogP contribution in [0.5, 0.6) is 5.75 Å². The summed E-state index contributed by atoms with van der Waals surface area (Å²) in [5.41, 5.74) is 5.67. The van der Waals surface area contributed by atoms with Crippen molar-refractivity contribution >= 4 is 23.6 Å². The number of hydrogen-bond donors (Lipinski definition) is 2. The SMILES string of the molecule is CCCC(CCOc1ccc(SP(C)(=O)C2(C(N)=O)CCOCC2)cc1)NC. The van der Waals surface area contributed by atoms with Crippen LogP contribution in [-0.2, 0) is 14.1 Å². The summed E-state index contributed by atoms with van der Waals surface area (Å²) in [5, 5.41) is 2.31. The minimum absolute atomic E-state index is 0.411. The molecule has 1 aliphatic rings. The molecule has 1 saturated heterocycles. The number of carbonyl (C=O) groups excluding carboxylic acids is 1. The Balaban J connectivity index is 1.97. The summed E-state index contributed by atoms with van der Waals surface area (Å²) in [6.45, 7) is 5.33. The van der Waals surface area contributed by atoms with Crippen molar-refractivity contribution in [2.45, 2.75) is 55.1 Å². The molecule has 2 atom stereocenters. The average Bonchev–Trinajstić information content (AvgIpc) is 2.68. The number of nitrogens with one attached hydrogen (secondary N) is 1. The van der Waals surface area contributed by atoms with Gasteiger partial charge in [0.2, 0.25) is 5.91 Å². The lowest BCUT2D eigenvalue weighted by Crippen LogP contribution is -2.47. The zero-order chi connectivity index (χ0) is 20.6. The van der Waals surface area contributed by atoms with Crippen LogP contribution in [-0.4, -0.2) is 50.6 Å².